The van der Waals surface area contributed by atoms with E-state index in [1.54, 1.807) is 6.92 Å². The molecule has 368 valence electrons. The summed E-state index contributed by atoms with van der Waals surface area (Å²) in [6.45, 7) is 13.2. The van der Waals surface area contributed by atoms with Crippen molar-refractivity contribution >= 4 is 30.2 Å². The zero-order valence-electron chi connectivity index (χ0n) is 40.7. The van der Waals surface area contributed by atoms with Crippen LogP contribution in [0, 0.1) is 0 Å². The smallest absolute Gasteiger partial charge is 0.407 e. The summed E-state index contributed by atoms with van der Waals surface area (Å²) in [6.07, 6.45) is 33.7. The van der Waals surface area contributed by atoms with Crippen molar-refractivity contribution in [3.05, 3.63) is 12.2 Å². The minimum atomic E-state index is -0.416. The van der Waals surface area contributed by atoms with Crippen LogP contribution in [0.4, 0.5) is 19.2 Å². The first kappa shape index (κ1) is 59.5. The summed E-state index contributed by atoms with van der Waals surface area (Å²) in [7, 11) is 0. The second-order valence-electron chi connectivity index (χ2n) is 17.3. The maximum atomic E-state index is 13.2. The van der Waals surface area contributed by atoms with E-state index in [-0.39, 0.29) is 18.2 Å². The van der Waals surface area contributed by atoms with Gasteiger partial charge in [0.25, 0.3) is 0 Å². The van der Waals surface area contributed by atoms with E-state index < -0.39 is 12.1 Å². The number of hydrogen-bond acceptors (Lipinski definition) is 8. The molecule has 0 fully saturated rings. The maximum Gasteiger partial charge on any atom is 0.407 e. The van der Waals surface area contributed by atoms with E-state index in [9.17, 15) is 24.0 Å². The number of urea groups is 2. The van der Waals surface area contributed by atoms with Crippen LogP contribution in [0.3, 0.4) is 0 Å². The van der Waals surface area contributed by atoms with Crippen LogP contribution >= 0.6 is 0 Å². The maximum absolute atomic E-state index is 13.2. The van der Waals surface area contributed by atoms with Crippen LogP contribution in [0.1, 0.15) is 226 Å². The number of nitrogens with zero attached hydrogens (tertiary/aromatic N) is 1. The molecule has 0 radical (unpaired) electrons. The fourth-order valence-corrected chi connectivity index (χ4v) is 7.09. The summed E-state index contributed by atoms with van der Waals surface area (Å²) in [5.41, 5.74) is 0.382. The molecular formula is C50H95N5O8. The van der Waals surface area contributed by atoms with Gasteiger partial charge in [-0.05, 0) is 64.7 Å². The topological polar surface area (TPSA) is 164 Å². The summed E-state index contributed by atoms with van der Waals surface area (Å²) in [6, 6.07) is -0.827. The summed E-state index contributed by atoms with van der Waals surface area (Å²) in [4.78, 5) is 63.2. The van der Waals surface area contributed by atoms with Gasteiger partial charge in [0.2, 0.25) is 0 Å². The van der Waals surface area contributed by atoms with Gasteiger partial charge in [-0.1, -0.05) is 168 Å². The molecule has 0 aliphatic carbocycles. The lowest BCUT2D eigenvalue weighted by Gasteiger charge is -2.22. The lowest BCUT2D eigenvalue weighted by Crippen LogP contribution is -2.49. The molecule has 0 saturated carbocycles. The number of imide groups is 1. The normalized spacial score (nSPS) is 10.8. The van der Waals surface area contributed by atoms with Crippen LogP contribution in [-0.2, 0) is 19.0 Å². The van der Waals surface area contributed by atoms with Gasteiger partial charge in [-0.3, -0.25) is 0 Å². The van der Waals surface area contributed by atoms with Crippen molar-refractivity contribution < 1.29 is 38.2 Å². The van der Waals surface area contributed by atoms with E-state index in [0.29, 0.717) is 64.5 Å². The highest BCUT2D eigenvalue weighted by Crippen LogP contribution is 2.12. The Balaban J connectivity index is 4.31. The molecule has 6 amide bonds. The third-order valence-corrected chi connectivity index (χ3v) is 11.1. The van der Waals surface area contributed by atoms with E-state index in [4.69, 9.17) is 14.2 Å². The molecule has 0 spiro atoms. The molecule has 0 bridgehead atoms. The van der Waals surface area contributed by atoms with Gasteiger partial charge in [0.05, 0.1) is 19.8 Å². The van der Waals surface area contributed by atoms with Crippen molar-refractivity contribution in [1.29, 1.82) is 0 Å². The van der Waals surface area contributed by atoms with Gasteiger partial charge in [0.1, 0.15) is 0 Å². The molecule has 0 unspecified atom stereocenters. The van der Waals surface area contributed by atoms with Crippen LogP contribution in [0.15, 0.2) is 12.2 Å². The molecule has 0 aromatic rings. The van der Waals surface area contributed by atoms with E-state index >= 15 is 0 Å². The monoisotopic (exact) mass is 894 g/mol. The average Bonchev–Trinajstić information content (AvgIpc) is 3.27. The van der Waals surface area contributed by atoms with Crippen molar-refractivity contribution in [3.63, 3.8) is 0 Å². The van der Waals surface area contributed by atoms with Crippen molar-refractivity contribution in [2.75, 3.05) is 52.5 Å². The SMILES string of the molecule is C=C(C)C(=O)OCCCCCCNC(=O)N(CCCCCCNC(=O)OCCCCCCCCCCCC)C(=O)NCCCCCCNC(=O)OCCCCCCCCCCCC. The molecule has 0 aromatic heterocycles. The zero-order valence-corrected chi connectivity index (χ0v) is 40.7. The summed E-state index contributed by atoms with van der Waals surface area (Å²) >= 11 is 0. The van der Waals surface area contributed by atoms with Gasteiger partial charge in [0.15, 0.2) is 0 Å². The second kappa shape index (κ2) is 46.5. The predicted octanol–water partition coefficient (Wildman–Crippen LogP) is 12.8. The van der Waals surface area contributed by atoms with Gasteiger partial charge in [-0.2, -0.15) is 0 Å². The fraction of sp³-hybridized carbons (Fsp3) is 0.860. The Morgan fingerprint density at radius 3 is 1.02 bits per heavy atom. The summed E-state index contributed by atoms with van der Waals surface area (Å²) in [5.74, 6) is -0.382. The third kappa shape index (κ3) is 42.2. The molecule has 0 aromatic carbocycles. The number of esters is 1. The Bertz CT molecular complexity index is 1140. The quantitative estimate of drug-likeness (QED) is 0.0203. The largest absolute Gasteiger partial charge is 0.462 e. The number of rotatable bonds is 44. The molecule has 0 aliphatic heterocycles. The number of hydrogen-bond donors (Lipinski definition) is 4. The van der Waals surface area contributed by atoms with Crippen LogP contribution in [0.2, 0.25) is 0 Å². The highest BCUT2D eigenvalue weighted by molar-refractivity contribution is 5.93. The molecule has 13 heteroatoms. The van der Waals surface area contributed by atoms with Crippen molar-refractivity contribution in [2.45, 2.75) is 226 Å². The van der Waals surface area contributed by atoms with E-state index in [1.165, 1.54) is 108 Å². The first-order chi connectivity index (χ1) is 30.7. The fourth-order valence-electron chi connectivity index (χ4n) is 7.09. The summed E-state index contributed by atoms with van der Waals surface area (Å²) < 4.78 is 15.8. The Hall–Kier alpha value is -3.51. The molecular weight excluding hydrogens is 799 g/mol. The van der Waals surface area contributed by atoms with Crippen molar-refractivity contribution in [1.82, 2.24) is 26.2 Å². The average molecular weight is 894 g/mol. The molecule has 0 heterocycles. The van der Waals surface area contributed by atoms with Crippen LogP contribution in [-0.4, -0.2) is 87.7 Å². The van der Waals surface area contributed by atoms with Crippen LogP contribution in [0.25, 0.3) is 0 Å². The predicted molar refractivity (Wildman–Crippen MR) is 257 cm³/mol. The van der Waals surface area contributed by atoms with Crippen LogP contribution < -0.4 is 21.3 Å². The molecule has 0 rings (SSSR count). The highest BCUT2D eigenvalue weighted by atomic mass is 16.6. The lowest BCUT2D eigenvalue weighted by atomic mass is 10.1. The first-order valence-electron chi connectivity index (χ1n) is 25.7. The second-order valence-corrected chi connectivity index (χ2v) is 17.3. The van der Waals surface area contributed by atoms with Gasteiger partial charge in [-0.25, -0.2) is 28.9 Å². The molecule has 0 saturated heterocycles. The molecule has 4 N–H and O–H groups in total. The van der Waals surface area contributed by atoms with E-state index in [0.717, 1.165) is 96.3 Å². The van der Waals surface area contributed by atoms with Gasteiger partial charge < -0.3 is 35.5 Å². The lowest BCUT2D eigenvalue weighted by molar-refractivity contribution is -0.139. The van der Waals surface area contributed by atoms with Gasteiger partial charge >= 0.3 is 30.2 Å². The molecule has 63 heavy (non-hydrogen) atoms. The van der Waals surface area contributed by atoms with Crippen LogP contribution in [0.5, 0.6) is 0 Å². The van der Waals surface area contributed by atoms with Gasteiger partial charge in [0, 0.05) is 38.3 Å². The number of carbonyl (C=O) groups is 5. The Morgan fingerprint density at radius 1 is 0.381 bits per heavy atom. The summed E-state index contributed by atoms with van der Waals surface area (Å²) in [5, 5.41) is 11.5. The highest BCUT2D eigenvalue weighted by Gasteiger charge is 2.20. The Kier molecular flexibility index (Phi) is 43.9. The molecule has 13 nitrogen and oxygen atoms in total. The molecule has 0 atom stereocenters. The van der Waals surface area contributed by atoms with E-state index in [1.807, 2.05) is 0 Å². The minimum absolute atomic E-state index is 0.293. The van der Waals surface area contributed by atoms with Crippen molar-refractivity contribution in [2.24, 2.45) is 0 Å². The van der Waals surface area contributed by atoms with Crippen molar-refractivity contribution in [3.8, 4) is 0 Å². The zero-order chi connectivity index (χ0) is 46.3. The standard InChI is InChI=1S/C50H95N5O8/c1-5-7-9-11-13-15-17-19-26-35-43-62-49(59)53-39-31-22-21-29-37-51-47(57)55(48(58)52-38-30-24-28-34-42-61-46(56)45(3)4)41-33-25-23-32-40-54-50(60)63-44-36-27-20-18-16-14-12-10-8-6-2/h3,5-44H2,1-2,4H3,(H,51,57)(H,52,58)(H,53,59)(H,54,60). The number of carbonyl (C=O) groups excluding carboxylic acids is 5. The Morgan fingerprint density at radius 2 is 0.667 bits per heavy atom. The van der Waals surface area contributed by atoms with Gasteiger partial charge in [-0.15, -0.1) is 0 Å². The van der Waals surface area contributed by atoms with E-state index in [2.05, 4.69) is 41.7 Å². The minimum Gasteiger partial charge on any atom is -0.462 e. The number of amides is 6. The third-order valence-electron chi connectivity index (χ3n) is 11.1. The molecule has 0 aliphatic rings. The number of unbranched alkanes of at least 4 members (excludes halogenated alkanes) is 27. The number of ether oxygens (including phenoxy) is 3. The number of nitrogens with one attached hydrogen (secondary N) is 4. The first-order valence-corrected chi connectivity index (χ1v) is 25.7. The Labute approximate surface area is 384 Å². The number of alkyl carbamates (subject to hydrolysis) is 2.